The molecule has 0 amide bonds. The number of hydrogen-bond donors (Lipinski definition) is 2. The first-order valence-corrected chi connectivity index (χ1v) is 10.1. The number of nitrogens with zero attached hydrogens (tertiary/aromatic N) is 1. The van der Waals surface area contributed by atoms with Gasteiger partial charge in [-0.2, -0.15) is 13.2 Å². The Morgan fingerprint density at radius 2 is 1.89 bits per heavy atom. The summed E-state index contributed by atoms with van der Waals surface area (Å²) >= 11 is 7.79. The van der Waals surface area contributed by atoms with Gasteiger partial charge >= 0.3 is 6.18 Å². The number of H-pyrrole nitrogens is 1. The fourth-order valence-corrected chi connectivity index (χ4v) is 4.69. The highest BCUT2D eigenvalue weighted by Gasteiger charge is 2.35. The molecule has 0 spiro atoms. The van der Waals surface area contributed by atoms with Crippen molar-refractivity contribution in [2.45, 2.75) is 25.4 Å². The molecule has 0 aliphatic heterocycles. The van der Waals surface area contributed by atoms with E-state index in [0.29, 0.717) is 34.1 Å². The number of aryl methyl sites for hydroxylation is 1. The fourth-order valence-electron chi connectivity index (χ4n) is 3.42. The van der Waals surface area contributed by atoms with Crippen molar-refractivity contribution in [3.63, 3.8) is 0 Å². The predicted octanol–water partition coefficient (Wildman–Crippen LogP) is 6.40. The number of thiazole rings is 1. The number of aromatic amines is 1. The summed E-state index contributed by atoms with van der Waals surface area (Å²) in [5.41, 5.74) is 7.07. The zero-order chi connectivity index (χ0) is 19.9. The molecule has 4 aromatic rings. The molecule has 3 N–H and O–H groups in total. The maximum atomic E-state index is 13.6. The number of rotatable bonds is 5. The Labute approximate surface area is 168 Å². The highest BCUT2D eigenvalue weighted by Crippen LogP contribution is 2.43. The third kappa shape index (κ3) is 3.38. The van der Waals surface area contributed by atoms with E-state index >= 15 is 0 Å². The largest absolute Gasteiger partial charge is 0.418 e. The lowest BCUT2D eigenvalue weighted by Crippen LogP contribution is -2.05. The lowest BCUT2D eigenvalue weighted by Gasteiger charge is -2.09. The van der Waals surface area contributed by atoms with Crippen LogP contribution in [0.15, 0.2) is 36.4 Å². The number of benzene rings is 2. The lowest BCUT2D eigenvalue weighted by atomic mass is 10.0. The van der Waals surface area contributed by atoms with E-state index in [1.165, 1.54) is 17.4 Å². The highest BCUT2D eigenvalue weighted by molar-refractivity contribution is 7.21. The van der Waals surface area contributed by atoms with Crippen molar-refractivity contribution < 1.29 is 13.2 Å². The van der Waals surface area contributed by atoms with Crippen molar-refractivity contribution in [2.24, 2.45) is 5.73 Å². The predicted molar refractivity (Wildman–Crippen MR) is 109 cm³/mol. The average Bonchev–Trinajstić information content (AvgIpc) is 3.23. The second-order valence-corrected chi connectivity index (χ2v) is 7.99. The minimum absolute atomic E-state index is 0.0111. The third-order valence-electron chi connectivity index (χ3n) is 4.70. The molecule has 0 fully saturated rings. The molecule has 4 rings (SSSR count). The van der Waals surface area contributed by atoms with Crippen molar-refractivity contribution in [1.29, 1.82) is 0 Å². The molecule has 2 aromatic carbocycles. The van der Waals surface area contributed by atoms with Crippen LogP contribution in [0, 0.1) is 0 Å². The van der Waals surface area contributed by atoms with Gasteiger partial charge in [0.05, 0.1) is 32.0 Å². The molecule has 0 radical (unpaired) electrons. The molecule has 3 nitrogen and oxygen atoms in total. The summed E-state index contributed by atoms with van der Waals surface area (Å²) in [6.07, 6.45) is -2.37. The van der Waals surface area contributed by atoms with Crippen LogP contribution in [0.2, 0.25) is 5.02 Å². The minimum Gasteiger partial charge on any atom is -0.352 e. The molecule has 28 heavy (non-hydrogen) atoms. The van der Waals surface area contributed by atoms with Crippen LogP contribution in [0.1, 0.15) is 24.0 Å². The van der Waals surface area contributed by atoms with Crippen LogP contribution in [0.5, 0.6) is 0 Å². The van der Waals surface area contributed by atoms with Gasteiger partial charge in [-0.3, -0.25) is 0 Å². The zero-order valence-electron chi connectivity index (χ0n) is 14.7. The van der Waals surface area contributed by atoms with Gasteiger partial charge < -0.3 is 10.7 Å². The molecule has 2 heterocycles. The monoisotopic (exact) mass is 423 g/mol. The van der Waals surface area contributed by atoms with E-state index in [9.17, 15) is 13.2 Å². The van der Waals surface area contributed by atoms with E-state index in [-0.39, 0.29) is 5.52 Å². The van der Waals surface area contributed by atoms with Crippen molar-refractivity contribution in [3.05, 3.63) is 52.5 Å². The van der Waals surface area contributed by atoms with Crippen LogP contribution >= 0.6 is 22.9 Å². The maximum Gasteiger partial charge on any atom is 0.418 e. The Bertz CT molecular complexity index is 1110. The highest BCUT2D eigenvalue weighted by atomic mass is 35.5. The van der Waals surface area contributed by atoms with Crippen LogP contribution in [0.3, 0.4) is 0 Å². The van der Waals surface area contributed by atoms with Gasteiger partial charge in [0.2, 0.25) is 0 Å². The number of aromatic nitrogens is 2. The van der Waals surface area contributed by atoms with Crippen molar-refractivity contribution in [2.75, 3.05) is 6.54 Å². The van der Waals surface area contributed by atoms with Gasteiger partial charge in [0.1, 0.15) is 5.01 Å². The SMILES string of the molecule is NCCCCc1c(-c2nc3ccccc3s2)[nH]c2c(C(F)(F)F)ccc(Cl)c12. The Balaban J connectivity index is 1.98. The number of fused-ring (bicyclic) bond motifs is 2. The number of para-hydroxylation sites is 1. The normalized spacial score (nSPS) is 12.3. The number of halogens is 4. The van der Waals surface area contributed by atoms with E-state index in [1.807, 2.05) is 24.3 Å². The minimum atomic E-state index is -4.48. The number of hydrogen-bond acceptors (Lipinski definition) is 3. The number of nitrogens with two attached hydrogens (primary N) is 1. The van der Waals surface area contributed by atoms with Crippen LogP contribution < -0.4 is 5.73 Å². The van der Waals surface area contributed by atoms with Crippen molar-refractivity contribution in [3.8, 4) is 10.7 Å². The Kier molecular flexibility index (Phi) is 5.07. The third-order valence-corrected chi connectivity index (χ3v) is 6.07. The van der Waals surface area contributed by atoms with Crippen LogP contribution in [-0.4, -0.2) is 16.5 Å². The second kappa shape index (κ2) is 7.39. The first-order valence-electron chi connectivity index (χ1n) is 8.86. The summed E-state index contributed by atoms with van der Waals surface area (Å²) in [6.45, 7) is 0.528. The molecule has 0 aliphatic carbocycles. The second-order valence-electron chi connectivity index (χ2n) is 6.55. The van der Waals surface area contributed by atoms with E-state index < -0.39 is 11.7 Å². The lowest BCUT2D eigenvalue weighted by molar-refractivity contribution is -0.136. The van der Waals surface area contributed by atoms with Gasteiger partial charge in [0, 0.05) is 5.39 Å². The average molecular weight is 424 g/mol. The molecule has 0 saturated carbocycles. The van der Waals surface area contributed by atoms with Gasteiger partial charge in [-0.1, -0.05) is 23.7 Å². The van der Waals surface area contributed by atoms with Gasteiger partial charge in [0.25, 0.3) is 0 Å². The summed E-state index contributed by atoms with van der Waals surface area (Å²) in [7, 11) is 0. The standard InChI is InChI=1S/C20H17ClF3N3S/c21-13-9-8-12(20(22,23)24)18-16(13)11(5-3-4-10-25)17(27-18)19-26-14-6-1-2-7-15(14)28-19/h1-2,6-9,27H,3-5,10,25H2. The molecular formula is C20H17ClF3N3S. The summed E-state index contributed by atoms with van der Waals surface area (Å²) < 4.78 is 41.7. The topological polar surface area (TPSA) is 54.7 Å². The zero-order valence-corrected chi connectivity index (χ0v) is 16.3. The van der Waals surface area contributed by atoms with Gasteiger partial charge in [-0.05, 0) is 55.6 Å². The van der Waals surface area contributed by atoms with Crippen molar-refractivity contribution in [1.82, 2.24) is 9.97 Å². The first-order chi connectivity index (χ1) is 13.4. The maximum absolute atomic E-state index is 13.6. The smallest absolute Gasteiger partial charge is 0.352 e. The summed E-state index contributed by atoms with van der Waals surface area (Å²) in [5, 5.41) is 1.38. The van der Waals surface area contributed by atoms with Gasteiger partial charge in [-0.15, -0.1) is 11.3 Å². The fraction of sp³-hybridized carbons (Fsp3) is 0.250. The van der Waals surface area contributed by atoms with Crippen molar-refractivity contribution >= 4 is 44.1 Å². The molecule has 0 aliphatic rings. The number of alkyl halides is 3. The molecule has 0 unspecified atom stereocenters. The van der Waals surface area contributed by atoms with E-state index in [1.54, 1.807) is 0 Å². The molecule has 8 heteroatoms. The van der Waals surface area contributed by atoms with Gasteiger partial charge in [0.15, 0.2) is 0 Å². The summed E-state index contributed by atoms with van der Waals surface area (Å²) in [4.78, 5) is 7.62. The summed E-state index contributed by atoms with van der Waals surface area (Å²) in [5.74, 6) is 0. The molecule has 0 saturated heterocycles. The quantitative estimate of drug-likeness (QED) is 0.365. The van der Waals surface area contributed by atoms with Crippen LogP contribution in [-0.2, 0) is 12.6 Å². The molecule has 0 atom stereocenters. The Morgan fingerprint density at radius 3 is 2.61 bits per heavy atom. The van der Waals surface area contributed by atoms with Gasteiger partial charge in [-0.25, -0.2) is 4.98 Å². The van der Waals surface area contributed by atoms with E-state index in [0.717, 1.165) is 34.7 Å². The molecule has 2 aromatic heterocycles. The van der Waals surface area contributed by atoms with E-state index in [2.05, 4.69) is 9.97 Å². The van der Waals surface area contributed by atoms with Crippen LogP contribution in [0.4, 0.5) is 13.2 Å². The van der Waals surface area contributed by atoms with E-state index in [4.69, 9.17) is 17.3 Å². The summed E-state index contributed by atoms with van der Waals surface area (Å²) in [6, 6.07) is 9.97. The number of nitrogens with one attached hydrogen (secondary N) is 1. The molecular weight excluding hydrogens is 407 g/mol. The molecule has 0 bridgehead atoms. The van der Waals surface area contributed by atoms with Crippen LogP contribution in [0.25, 0.3) is 31.8 Å². The Morgan fingerprint density at radius 1 is 1.11 bits per heavy atom. The molecule has 146 valence electrons. The number of unbranched alkanes of at least 4 members (excludes halogenated alkanes) is 1. The first kappa shape index (κ1) is 19.2. The Hall–Kier alpha value is -2.09.